The zero-order chi connectivity index (χ0) is 14.4. The highest BCUT2D eigenvalue weighted by atomic mass is 35.5. The summed E-state index contributed by atoms with van der Waals surface area (Å²) < 4.78 is 2.71. The summed E-state index contributed by atoms with van der Waals surface area (Å²) in [7, 11) is 0. The molecule has 7 nitrogen and oxygen atoms in total. The van der Waals surface area contributed by atoms with E-state index >= 15 is 0 Å². The minimum absolute atomic E-state index is 0.161. The summed E-state index contributed by atoms with van der Waals surface area (Å²) >= 11 is 7.60. The SMILES string of the molecule is O=c1n(Cc2nc(Cl)c3ccsc3n2)nc2cnccn12. The predicted octanol–water partition coefficient (Wildman–Crippen LogP) is 1.60. The smallest absolute Gasteiger partial charge is 0.259 e. The van der Waals surface area contributed by atoms with Crippen LogP contribution in [-0.4, -0.2) is 29.1 Å². The molecule has 0 aliphatic rings. The Morgan fingerprint density at radius 2 is 2.24 bits per heavy atom. The van der Waals surface area contributed by atoms with Crippen LogP contribution in [0.1, 0.15) is 5.82 Å². The van der Waals surface area contributed by atoms with Gasteiger partial charge in [-0.3, -0.25) is 4.98 Å². The third-order valence-corrected chi connectivity index (χ3v) is 4.10. The van der Waals surface area contributed by atoms with Crippen molar-refractivity contribution >= 4 is 38.8 Å². The van der Waals surface area contributed by atoms with Gasteiger partial charge in [-0.1, -0.05) is 11.6 Å². The molecular weight excluding hydrogens is 312 g/mol. The van der Waals surface area contributed by atoms with Gasteiger partial charge >= 0.3 is 5.69 Å². The first-order chi connectivity index (χ1) is 10.2. The maximum absolute atomic E-state index is 12.2. The monoisotopic (exact) mass is 318 g/mol. The van der Waals surface area contributed by atoms with Crippen LogP contribution in [0.5, 0.6) is 0 Å². The van der Waals surface area contributed by atoms with E-state index in [-0.39, 0.29) is 12.2 Å². The van der Waals surface area contributed by atoms with Crippen LogP contribution in [0.15, 0.2) is 34.8 Å². The molecule has 0 radical (unpaired) electrons. The molecule has 0 saturated heterocycles. The zero-order valence-corrected chi connectivity index (χ0v) is 12.0. The van der Waals surface area contributed by atoms with Gasteiger partial charge in [0.25, 0.3) is 0 Å². The van der Waals surface area contributed by atoms with Gasteiger partial charge in [-0.05, 0) is 11.4 Å². The molecule has 0 amide bonds. The van der Waals surface area contributed by atoms with Crippen molar-refractivity contribution in [1.82, 2.24) is 29.1 Å². The lowest BCUT2D eigenvalue weighted by atomic mass is 10.4. The topological polar surface area (TPSA) is 78.0 Å². The molecule has 0 aliphatic carbocycles. The van der Waals surface area contributed by atoms with Crippen molar-refractivity contribution in [3.05, 3.63) is 51.5 Å². The summed E-state index contributed by atoms with van der Waals surface area (Å²) in [4.78, 5) is 25.5. The molecule has 4 aromatic heterocycles. The fourth-order valence-electron chi connectivity index (χ4n) is 2.05. The third kappa shape index (κ3) is 1.99. The van der Waals surface area contributed by atoms with Crippen molar-refractivity contribution in [2.75, 3.05) is 0 Å². The fourth-order valence-corrected chi connectivity index (χ4v) is 3.14. The second-order valence-corrected chi connectivity index (χ2v) is 5.57. The predicted molar refractivity (Wildman–Crippen MR) is 78.8 cm³/mol. The van der Waals surface area contributed by atoms with E-state index in [0.717, 1.165) is 10.2 Å². The molecule has 9 heteroatoms. The van der Waals surface area contributed by atoms with Crippen LogP contribution in [0.3, 0.4) is 0 Å². The number of rotatable bonds is 2. The van der Waals surface area contributed by atoms with Crippen molar-refractivity contribution in [3.63, 3.8) is 0 Å². The standard InChI is InChI=1S/C12H7ClN6OS/c13-10-7-1-4-21-11(7)16-8(15-10)6-19-12(20)18-3-2-14-5-9(18)17-19/h1-5H,6H2. The minimum atomic E-state index is -0.265. The van der Waals surface area contributed by atoms with Crippen molar-refractivity contribution in [3.8, 4) is 0 Å². The summed E-state index contributed by atoms with van der Waals surface area (Å²) in [5, 5.41) is 7.29. The molecule has 0 N–H and O–H groups in total. The molecule has 0 aliphatic heterocycles. The van der Waals surface area contributed by atoms with Crippen LogP contribution in [0.2, 0.25) is 5.15 Å². The molecule has 4 rings (SSSR count). The number of aromatic nitrogens is 6. The summed E-state index contributed by atoms with van der Waals surface area (Å²) in [6, 6.07) is 1.87. The zero-order valence-electron chi connectivity index (χ0n) is 10.5. The Bertz CT molecular complexity index is 1020. The summed E-state index contributed by atoms with van der Waals surface area (Å²) in [6.07, 6.45) is 4.62. The second kappa shape index (κ2) is 4.61. The summed E-state index contributed by atoms with van der Waals surface area (Å²) in [6.45, 7) is 0.161. The Hall–Kier alpha value is -2.32. The highest BCUT2D eigenvalue weighted by molar-refractivity contribution is 7.16. The third-order valence-electron chi connectivity index (χ3n) is 3.00. The highest BCUT2D eigenvalue weighted by Gasteiger charge is 2.11. The van der Waals surface area contributed by atoms with Crippen LogP contribution in [0, 0.1) is 0 Å². The van der Waals surface area contributed by atoms with E-state index in [9.17, 15) is 4.79 Å². The second-order valence-electron chi connectivity index (χ2n) is 4.31. The number of hydrogen-bond acceptors (Lipinski definition) is 6. The molecule has 0 atom stereocenters. The Morgan fingerprint density at radius 1 is 1.33 bits per heavy atom. The van der Waals surface area contributed by atoms with Gasteiger partial charge < -0.3 is 0 Å². The lowest BCUT2D eigenvalue weighted by Gasteiger charge is -2.00. The first kappa shape index (κ1) is 12.4. The molecular formula is C12H7ClN6OS. The molecule has 0 unspecified atom stereocenters. The van der Waals surface area contributed by atoms with E-state index in [1.165, 1.54) is 32.8 Å². The van der Waals surface area contributed by atoms with Crippen LogP contribution in [0.4, 0.5) is 0 Å². The number of halogens is 1. The van der Waals surface area contributed by atoms with Gasteiger partial charge in [0.05, 0.1) is 6.20 Å². The Labute approximate surface area is 126 Å². The molecule has 0 fully saturated rings. The van der Waals surface area contributed by atoms with E-state index in [0.29, 0.717) is 16.6 Å². The maximum atomic E-state index is 12.2. The maximum Gasteiger partial charge on any atom is 0.350 e. The largest absolute Gasteiger partial charge is 0.350 e. The normalized spacial score (nSPS) is 11.5. The Morgan fingerprint density at radius 3 is 3.10 bits per heavy atom. The van der Waals surface area contributed by atoms with Gasteiger partial charge in [-0.15, -0.1) is 16.4 Å². The van der Waals surface area contributed by atoms with E-state index in [1.807, 2.05) is 11.4 Å². The average Bonchev–Trinajstić information content (AvgIpc) is 3.06. The van der Waals surface area contributed by atoms with Crippen LogP contribution < -0.4 is 5.69 Å². The molecule has 0 spiro atoms. The molecule has 0 aromatic carbocycles. The lowest BCUT2D eigenvalue weighted by Crippen LogP contribution is -2.22. The first-order valence-corrected chi connectivity index (χ1v) is 7.27. The minimum Gasteiger partial charge on any atom is -0.259 e. The van der Waals surface area contributed by atoms with Crippen LogP contribution in [0.25, 0.3) is 15.9 Å². The van der Waals surface area contributed by atoms with Crippen LogP contribution >= 0.6 is 22.9 Å². The van der Waals surface area contributed by atoms with Gasteiger partial charge in [0.15, 0.2) is 11.5 Å². The fraction of sp³-hybridized carbons (Fsp3) is 0.0833. The molecule has 21 heavy (non-hydrogen) atoms. The Balaban J connectivity index is 1.82. The van der Waals surface area contributed by atoms with E-state index in [2.05, 4.69) is 20.1 Å². The number of hydrogen-bond donors (Lipinski definition) is 0. The molecule has 104 valence electrons. The van der Waals surface area contributed by atoms with E-state index in [4.69, 9.17) is 11.6 Å². The van der Waals surface area contributed by atoms with Gasteiger partial charge in [0.1, 0.15) is 16.5 Å². The van der Waals surface area contributed by atoms with Crippen molar-refractivity contribution in [2.45, 2.75) is 6.54 Å². The van der Waals surface area contributed by atoms with Gasteiger partial charge in [0, 0.05) is 17.8 Å². The molecule has 0 bridgehead atoms. The van der Waals surface area contributed by atoms with Crippen molar-refractivity contribution in [1.29, 1.82) is 0 Å². The summed E-state index contributed by atoms with van der Waals surface area (Å²) in [5.74, 6) is 0.452. The highest BCUT2D eigenvalue weighted by Crippen LogP contribution is 2.24. The first-order valence-electron chi connectivity index (χ1n) is 6.01. The quantitative estimate of drug-likeness (QED) is 0.525. The van der Waals surface area contributed by atoms with Crippen molar-refractivity contribution < 1.29 is 0 Å². The molecule has 0 saturated carbocycles. The average molecular weight is 319 g/mol. The van der Waals surface area contributed by atoms with Gasteiger partial charge in [-0.25, -0.2) is 23.8 Å². The lowest BCUT2D eigenvalue weighted by molar-refractivity contribution is 0.634. The number of fused-ring (bicyclic) bond motifs is 2. The van der Waals surface area contributed by atoms with Gasteiger partial charge in [0.2, 0.25) is 0 Å². The van der Waals surface area contributed by atoms with Crippen molar-refractivity contribution in [2.24, 2.45) is 0 Å². The molecule has 4 aromatic rings. The van der Waals surface area contributed by atoms with E-state index in [1.54, 1.807) is 6.20 Å². The number of thiophene rings is 1. The molecule has 4 heterocycles. The number of nitrogens with zero attached hydrogens (tertiary/aromatic N) is 6. The Kier molecular flexibility index (Phi) is 2.72. The summed E-state index contributed by atoms with van der Waals surface area (Å²) in [5.41, 5.74) is 0.212. The van der Waals surface area contributed by atoms with Crippen LogP contribution in [-0.2, 0) is 6.54 Å². The van der Waals surface area contributed by atoms with Gasteiger partial charge in [-0.2, -0.15) is 0 Å². The van der Waals surface area contributed by atoms with E-state index < -0.39 is 0 Å².